The van der Waals surface area contributed by atoms with Crippen LogP contribution in [0.1, 0.15) is 29.2 Å². The summed E-state index contributed by atoms with van der Waals surface area (Å²) < 4.78 is 29.5. The number of halogens is 2. The van der Waals surface area contributed by atoms with Crippen LogP contribution in [0.3, 0.4) is 0 Å². The van der Waals surface area contributed by atoms with Gasteiger partial charge < -0.3 is 4.90 Å². The van der Waals surface area contributed by atoms with Crippen LogP contribution in [0.25, 0.3) is 5.65 Å². The Kier molecular flexibility index (Phi) is 3.61. The van der Waals surface area contributed by atoms with Gasteiger partial charge in [-0.2, -0.15) is 10.4 Å². The number of hydrogen-bond donors (Lipinski definition) is 0. The summed E-state index contributed by atoms with van der Waals surface area (Å²) in [5.74, 6) is 0.222. The molecule has 2 atom stereocenters. The molecule has 0 N–H and O–H groups in total. The van der Waals surface area contributed by atoms with E-state index >= 15 is 0 Å². The second kappa shape index (κ2) is 5.81. The molecule has 5 nitrogen and oxygen atoms in total. The van der Waals surface area contributed by atoms with Gasteiger partial charge in [0.1, 0.15) is 29.4 Å². The minimum absolute atomic E-state index is 0.180. The molecule has 0 spiro atoms. The molecule has 2 aromatic heterocycles. The number of aromatic nitrogens is 3. The average molecular weight is 339 g/mol. The highest BCUT2D eigenvalue weighted by Crippen LogP contribution is 2.37. The Balaban J connectivity index is 1.78. The fraction of sp³-hybridized carbons (Fsp3) is 0.278. The Hall–Kier alpha value is -3.01. The van der Waals surface area contributed by atoms with Crippen LogP contribution in [0.5, 0.6) is 0 Å². The van der Waals surface area contributed by atoms with E-state index in [1.807, 2.05) is 24.0 Å². The smallest absolute Gasteiger partial charge is 0.175 e. The third-order valence-corrected chi connectivity index (χ3v) is 4.47. The Bertz CT molecular complexity index is 971. The number of hydrogen-bond acceptors (Lipinski definition) is 4. The van der Waals surface area contributed by atoms with Crippen LogP contribution in [0.2, 0.25) is 0 Å². The molecule has 0 bridgehead atoms. The van der Waals surface area contributed by atoms with E-state index in [4.69, 9.17) is 5.26 Å². The molecule has 3 aromatic rings. The molecule has 0 unspecified atom stereocenters. The minimum atomic E-state index is -1.02. The summed E-state index contributed by atoms with van der Waals surface area (Å²) in [5.41, 5.74) is 2.31. The van der Waals surface area contributed by atoms with Gasteiger partial charge in [0.05, 0.1) is 18.8 Å². The quantitative estimate of drug-likeness (QED) is 0.718. The summed E-state index contributed by atoms with van der Waals surface area (Å²) in [7, 11) is 0. The number of nitriles is 1. The predicted octanol–water partition coefficient (Wildman–Crippen LogP) is 3.34. The summed E-state index contributed by atoms with van der Waals surface area (Å²) in [6.45, 7) is 1.99. The zero-order valence-corrected chi connectivity index (χ0v) is 13.5. The van der Waals surface area contributed by atoms with Crippen molar-refractivity contribution in [3.63, 3.8) is 0 Å². The van der Waals surface area contributed by atoms with Crippen molar-refractivity contribution in [2.45, 2.75) is 25.6 Å². The van der Waals surface area contributed by atoms with Crippen molar-refractivity contribution in [3.05, 3.63) is 59.2 Å². The lowest BCUT2D eigenvalue weighted by atomic mass is 10.0. The van der Waals surface area contributed by atoms with Crippen LogP contribution >= 0.6 is 0 Å². The van der Waals surface area contributed by atoms with Crippen molar-refractivity contribution in [2.75, 3.05) is 11.4 Å². The minimum Gasteiger partial charge on any atom is -0.346 e. The lowest BCUT2D eigenvalue weighted by molar-refractivity contribution is 0.356. The van der Waals surface area contributed by atoms with Crippen LogP contribution in [-0.4, -0.2) is 27.3 Å². The second-order valence-corrected chi connectivity index (χ2v) is 6.29. The molecule has 1 aliphatic heterocycles. The van der Waals surface area contributed by atoms with Gasteiger partial charge in [0, 0.05) is 12.6 Å². The molecule has 25 heavy (non-hydrogen) atoms. The monoisotopic (exact) mass is 339 g/mol. The molecule has 0 saturated carbocycles. The number of benzene rings is 1. The van der Waals surface area contributed by atoms with E-state index in [-0.39, 0.29) is 24.8 Å². The van der Waals surface area contributed by atoms with Gasteiger partial charge in [0.25, 0.3) is 0 Å². The number of aryl methyl sites for hydroxylation is 1. The molecule has 0 amide bonds. The van der Waals surface area contributed by atoms with Gasteiger partial charge in [0.2, 0.25) is 0 Å². The SMILES string of the molecule is Cc1cc(F)cc([C@H]2C[C@H](F)CN2c2ccn3ncc(C#N)c3n2)c1. The van der Waals surface area contributed by atoms with E-state index in [0.717, 1.165) is 11.1 Å². The molecular weight excluding hydrogens is 324 g/mol. The second-order valence-electron chi connectivity index (χ2n) is 6.29. The van der Waals surface area contributed by atoms with E-state index in [1.54, 1.807) is 12.3 Å². The van der Waals surface area contributed by atoms with Gasteiger partial charge >= 0.3 is 0 Å². The summed E-state index contributed by atoms with van der Waals surface area (Å²) >= 11 is 0. The first-order valence-corrected chi connectivity index (χ1v) is 7.97. The van der Waals surface area contributed by atoms with E-state index in [1.165, 1.54) is 22.8 Å². The van der Waals surface area contributed by atoms with Gasteiger partial charge in [0.15, 0.2) is 5.65 Å². The van der Waals surface area contributed by atoms with Gasteiger partial charge in [-0.3, -0.25) is 0 Å². The summed E-state index contributed by atoms with van der Waals surface area (Å²) in [4.78, 5) is 6.31. The zero-order valence-electron chi connectivity index (χ0n) is 13.5. The van der Waals surface area contributed by atoms with Crippen molar-refractivity contribution in [2.24, 2.45) is 0 Å². The fourth-order valence-electron chi connectivity index (χ4n) is 3.41. The largest absolute Gasteiger partial charge is 0.346 e. The highest BCUT2D eigenvalue weighted by molar-refractivity contribution is 5.58. The molecule has 4 rings (SSSR count). The third kappa shape index (κ3) is 2.70. The Morgan fingerprint density at radius 1 is 1.32 bits per heavy atom. The van der Waals surface area contributed by atoms with Crippen molar-refractivity contribution in [1.82, 2.24) is 14.6 Å². The average Bonchev–Trinajstić information content (AvgIpc) is 3.16. The molecule has 0 radical (unpaired) electrons. The van der Waals surface area contributed by atoms with Crippen LogP contribution in [0, 0.1) is 24.1 Å². The first-order valence-electron chi connectivity index (χ1n) is 7.97. The van der Waals surface area contributed by atoms with Crippen LogP contribution in [-0.2, 0) is 0 Å². The maximum Gasteiger partial charge on any atom is 0.175 e. The van der Waals surface area contributed by atoms with Crippen molar-refractivity contribution >= 4 is 11.5 Å². The number of rotatable bonds is 2. The zero-order chi connectivity index (χ0) is 17.6. The standard InChI is InChI=1S/C18H15F2N5/c1-11-4-12(6-14(19)5-11)16-7-15(20)10-24(16)17-2-3-25-18(23-17)13(8-21)9-22-25/h2-6,9,15-16H,7,10H2,1H3/t15-,16+/m0/s1. The van der Waals surface area contributed by atoms with Gasteiger partial charge in [-0.1, -0.05) is 6.07 Å². The first-order chi connectivity index (χ1) is 12.0. The van der Waals surface area contributed by atoms with E-state index < -0.39 is 6.17 Å². The molecule has 1 saturated heterocycles. The summed E-state index contributed by atoms with van der Waals surface area (Å²) in [5, 5.41) is 13.2. The summed E-state index contributed by atoms with van der Waals surface area (Å²) in [6.07, 6.45) is 2.39. The maximum atomic E-state index is 14.2. The number of alkyl halides is 1. The van der Waals surface area contributed by atoms with Crippen LogP contribution in [0.15, 0.2) is 36.7 Å². The molecule has 126 valence electrons. The van der Waals surface area contributed by atoms with Gasteiger partial charge in [-0.15, -0.1) is 0 Å². The lowest BCUT2D eigenvalue weighted by Crippen LogP contribution is -2.25. The first kappa shape index (κ1) is 15.5. The predicted molar refractivity (Wildman–Crippen MR) is 88.4 cm³/mol. The normalized spacial score (nSPS) is 20.2. The number of nitrogens with zero attached hydrogens (tertiary/aromatic N) is 5. The van der Waals surface area contributed by atoms with E-state index in [2.05, 4.69) is 10.1 Å². The van der Waals surface area contributed by atoms with Crippen molar-refractivity contribution in [3.8, 4) is 6.07 Å². The van der Waals surface area contributed by atoms with E-state index in [0.29, 0.717) is 17.0 Å². The van der Waals surface area contributed by atoms with Gasteiger partial charge in [-0.25, -0.2) is 18.3 Å². The Morgan fingerprint density at radius 3 is 2.92 bits per heavy atom. The van der Waals surface area contributed by atoms with Crippen molar-refractivity contribution in [1.29, 1.82) is 5.26 Å². The third-order valence-electron chi connectivity index (χ3n) is 4.47. The molecule has 1 aliphatic rings. The Labute approximate surface area is 143 Å². The Morgan fingerprint density at radius 2 is 2.16 bits per heavy atom. The molecule has 1 aromatic carbocycles. The molecule has 3 heterocycles. The fourth-order valence-corrected chi connectivity index (χ4v) is 3.41. The lowest BCUT2D eigenvalue weighted by Gasteiger charge is -2.26. The van der Waals surface area contributed by atoms with E-state index in [9.17, 15) is 8.78 Å². The molecular formula is C18H15F2N5. The molecule has 7 heteroatoms. The molecule has 1 fully saturated rings. The summed E-state index contributed by atoms with van der Waals surface area (Å²) in [6, 6.07) is 8.25. The maximum absolute atomic E-state index is 14.2. The highest BCUT2D eigenvalue weighted by Gasteiger charge is 2.34. The topological polar surface area (TPSA) is 57.2 Å². The number of anilines is 1. The number of fused-ring (bicyclic) bond motifs is 1. The van der Waals surface area contributed by atoms with Crippen LogP contribution in [0.4, 0.5) is 14.6 Å². The van der Waals surface area contributed by atoms with Crippen LogP contribution < -0.4 is 4.90 Å². The van der Waals surface area contributed by atoms with Crippen molar-refractivity contribution < 1.29 is 8.78 Å². The highest BCUT2D eigenvalue weighted by atomic mass is 19.1. The van der Waals surface area contributed by atoms with Gasteiger partial charge in [-0.05, 0) is 36.2 Å². The molecule has 0 aliphatic carbocycles.